The van der Waals surface area contributed by atoms with Gasteiger partial charge in [-0.2, -0.15) is 4.31 Å². The van der Waals surface area contributed by atoms with Crippen molar-refractivity contribution >= 4 is 21.7 Å². The second-order valence-corrected chi connectivity index (χ2v) is 8.79. The quantitative estimate of drug-likeness (QED) is 0.772. The lowest BCUT2D eigenvalue weighted by Crippen LogP contribution is -2.43. The minimum absolute atomic E-state index is 0.120. The smallest absolute Gasteiger partial charge is 0.243 e. The Morgan fingerprint density at radius 2 is 1.93 bits per heavy atom. The number of rotatable bonds is 6. The van der Waals surface area contributed by atoms with Crippen molar-refractivity contribution in [3.8, 4) is 11.5 Å². The summed E-state index contributed by atoms with van der Waals surface area (Å²) in [6, 6.07) is 8.35. The molecule has 8 nitrogen and oxygen atoms in total. The molecule has 0 radical (unpaired) electrons. The van der Waals surface area contributed by atoms with Crippen molar-refractivity contribution in [2.75, 3.05) is 32.6 Å². The van der Waals surface area contributed by atoms with Crippen LogP contribution in [0.5, 0.6) is 11.5 Å². The van der Waals surface area contributed by atoms with E-state index < -0.39 is 15.9 Å². The van der Waals surface area contributed by atoms with Crippen molar-refractivity contribution in [3.63, 3.8) is 0 Å². The molecule has 1 N–H and O–H groups in total. The first kappa shape index (κ1) is 21.1. The highest BCUT2D eigenvalue weighted by Gasteiger charge is 2.34. The zero-order valence-electron chi connectivity index (χ0n) is 16.7. The van der Waals surface area contributed by atoms with Gasteiger partial charge >= 0.3 is 0 Å². The van der Waals surface area contributed by atoms with E-state index in [1.807, 2.05) is 0 Å². The van der Waals surface area contributed by atoms with Crippen LogP contribution in [0.4, 0.5) is 5.82 Å². The number of carbonyl (C=O) groups is 1. The highest BCUT2D eigenvalue weighted by Crippen LogP contribution is 2.34. The summed E-state index contributed by atoms with van der Waals surface area (Å²) in [4.78, 5) is 16.9. The maximum absolute atomic E-state index is 13.3. The molecule has 1 aromatic carbocycles. The van der Waals surface area contributed by atoms with Crippen molar-refractivity contribution in [2.45, 2.75) is 24.7 Å². The van der Waals surface area contributed by atoms with Gasteiger partial charge < -0.3 is 14.8 Å². The lowest BCUT2D eigenvalue weighted by molar-refractivity contribution is -0.120. The highest BCUT2D eigenvalue weighted by atomic mass is 32.2. The van der Waals surface area contributed by atoms with Gasteiger partial charge in [0.25, 0.3) is 0 Å². The largest absolute Gasteiger partial charge is 0.493 e. The van der Waals surface area contributed by atoms with E-state index in [9.17, 15) is 13.2 Å². The second-order valence-electron chi connectivity index (χ2n) is 6.88. The summed E-state index contributed by atoms with van der Waals surface area (Å²) < 4.78 is 38.4. The third kappa shape index (κ3) is 4.51. The van der Waals surface area contributed by atoms with E-state index in [2.05, 4.69) is 10.3 Å². The Morgan fingerprint density at radius 1 is 1.21 bits per heavy atom. The molecular weight excluding hydrogens is 394 g/mol. The number of hydrogen-bond donors (Lipinski definition) is 1. The van der Waals surface area contributed by atoms with E-state index in [1.165, 1.54) is 24.6 Å². The Hall–Kier alpha value is -2.65. The molecule has 2 aromatic rings. The molecule has 9 heteroatoms. The maximum Gasteiger partial charge on any atom is 0.243 e. The summed E-state index contributed by atoms with van der Waals surface area (Å²) in [7, 11) is -0.826. The van der Waals surface area contributed by atoms with Crippen LogP contribution >= 0.6 is 0 Å². The minimum atomic E-state index is -3.79. The first-order valence-corrected chi connectivity index (χ1v) is 10.8. The number of pyridine rings is 1. The molecule has 0 aliphatic carbocycles. The van der Waals surface area contributed by atoms with E-state index in [1.54, 1.807) is 37.4 Å². The van der Waals surface area contributed by atoms with Crippen LogP contribution in [0.3, 0.4) is 0 Å². The van der Waals surface area contributed by atoms with Crippen LogP contribution in [-0.4, -0.2) is 50.9 Å². The van der Waals surface area contributed by atoms with E-state index in [-0.39, 0.29) is 17.3 Å². The summed E-state index contributed by atoms with van der Waals surface area (Å²) in [6.45, 7) is 2.20. The third-order valence-electron chi connectivity index (χ3n) is 4.97. The predicted molar refractivity (Wildman–Crippen MR) is 109 cm³/mol. The number of piperidine rings is 1. The number of aryl methyl sites for hydroxylation is 1. The molecule has 0 saturated carbocycles. The van der Waals surface area contributed by atoms with Gasteiger partial charge in [-0.3, -0.25) is 4.79 Å². The lowest BCUT2D eigenvalue weighted by atomic mass is 9.99. The van der Waals surface area contributed by atoms with Crippen LogP contribution < -0.4 is 14.8 Å². The Morgan fingerprint density at radius 3 is 2.59 bits per heavy atom. The minimum Gasteiger partial charge on any atom is -0.493 e. The van der Waals surface area contributed by atoms with E-state index >= 15 is 0 Å². The number of anilines is 1. The number of nitrogens with one attached hydrogen (secondary N) is 1. The average molecular weight is 420 g/mol. The summed E-state index contributed by atoms with van der Waals surface area (Å²) in [5.74, 6) is 0.593. The van der Waals surface area contributed by atoms with Gasteiger partial charge in [-0.05, 0) is 43.5 Å². The number of benzene rings is 1. The first-order chi connectivity index (χ1) is 13.9. The molecule has 0 bridgehead atoms. The Balaban J connectivity index is 1.81. The van der Waals surface area contributed by atoms with Crippen LogP contribution in [0.2, 0.25) is 0 Å². The fourth-order valence-corrected chi connectivity index (χ4v) is 5.16. The fraction of sp³-hybridized carbons (Fsp3) is 0.400. The molecule has 1 aliphatic rings. The van der Waals surface area contributed by atoms with Crippen LogP contribution in [-0.2, 0) is 14.8 Å². The fourth-order valence-electron chi connectivity index (χ4n) is 3.42. The topological polar surface area (TPSA) is 97.8 Å². The molecule has 0 unspecified atom stereocenters. The number of sulfonamides is 1. The molecule has 3 rings (SSSR count). The van der Waals surface area contributed by atoms with Crippen molar-refractivity contribution in [1.29, 1.82) is 0 Å². The Labute approximate surface area is 170 Å². The van der Waals surface area contributed by atoms with Crippen molar-refractivity contribution in [1.82, 2.24) is 9.29 Å². The standard InChI is InChI=1S/C20H25N3O5S/c1-14-11-16(27-2)17(28-3)12-18(14)29(25,26)23-10-6-7-15(13-23)20(24)22-19-8-4-5-9-21-19/h4-5,8-9,11-12,15H,6-7,10,13H2,1-3H3,(H,21,22,24)/t15-/m0/s1. The van der Waals surface area contributed by atoms with Gasteiger partial charge in [0.2, 0.25) is 15.9 Å². The molecule has 156 valence electrons. The SMILES string of the molecule is COc1cc(C)c(S(=O)(=O)N2CCC[C@H](C(=O)Nc3ccccn3)C2)cc1OC. The lowest BCUT2D eigenvalue weighted by Gasteiger charge is -2.31. The van der Waals surface area contributed by atoms with Gasteiger partial charge in [0.05, 0.1) is 25.0 Å². The molecule has 1 atom stereocenters. The third-order valence-corrected chi connectivity index (χ3v) is 6.98. The van der Waals surface area contributed by atoms with Crippen LogP contribution in [0.1, 0.15) is 18.4 Å². The van der Waals surface area contributed by atoms with E-state index in [0.29, 0.717) is 42.3 Å². The van der Waals surface area contributed by atoms with Gasteiger partial charge in [0, 0.05) is 25.4 Å². The molecule has 1 fully saturated rings. The van der Waals surface area contributed by atoms with Crippen LogP contribution in [0.25, 0.3) is 0 Å². The molecular formula is C20H25N3O5S. The molecule has 1 amide bonds. The number of nitrogens with zero attached hydrogens (tertiary/aromatic N) is 2. The number of methoxy groups -OCH3 is 2. The summed E-state index contributed by atoms with van der Waals surface area (Å²) in [5.41, 5.74) is 0.558. The zero-order valence-corrected chi connectivity index (χ0v) is 17.5. The van der Waals surface area contributed by atoms with Crippen LogP contribution in [0.15, 0.2) is 41.4 Å². The van der Waals surface area contributed by atoms with Gasteiger partial charge in [-0.1, -0.05) is 6.07 Å². The molecule has 29 heavy (non-hydrogen) atoms. The normalized spacial score (nSPS) is 17.6. The zero-order chi connectivity index (χ0) is 21.0. The highest BCUT2D eigenvalue weighted by molar-refractivity contribution is 7.89. The maximum atomic E-state index is 13.3. The average Bonchev–Trinajstić information content (AvgIpc) is 2.74. The predicted octanol–water partition coefficient (Wildman–Crippen LogP) is 2.45. The number of ether oxygens (including phenoxy) is 2. The van der Waals surface area contributed by atoms with Gasteiger partial charge in [-0.25, -0.2) is 13.4 Å². The van der Waals surface area contributed by atoms with Gasteiger partial charge in [-0.15, -0.1) is 0 Å². The number of amides is 1. The summed E-state index contributed by atoms with van der Waals surface area (Å²) >= 11 is 0. The van der Waals surface area contributed by atoms with Crippen LogP contribution in [0, 0.1) is 12.8 Å². The molecule has 1 aliphatic heterocycles. The number of aromatic nitrogens is 1. The van der Waals surface area contributed by atoms with Gasteiger partial charge in [0.15, 0.2) is 11.5 Å². The number of hydrogen-bond acceptors (Lipinski definition) is 6. The monoisotopic (exact) mass is 419 g/mol. The summed E-state index contributed by atoms with van der Waals surface area (Å²) in [6.07, 6.45) is 2.81. The van der Waals surface area contributed by atoms with Crippen molar-refractivity contribution in [2.24, 2.45) is 5.92 Å². The molecule has 1 aromatic heterocycles. The summed E-state index contributed by atoms with van der Waals surface area (Å²) in [5, 5.41) is 2.76. The molecule has 1 saturated heterocycles. The van der Waals surface area contributed by atoms with Crippen molar-refractivity contribution < 1.29 is 22.7 Å². The molecule has 0 spiro atoms. The Kier molecular flexibility index (Phi) is 6.39. The molecule has 2 heterocycles. The van der Waals surface area contributed by atoms with Crippen molar-refractivity contribution in [3.05, 3.63) is 42.1 Å². The Bertz CT molecular complexity index is 979. The number of carbonyl (C=O) groups excluding carboxylic acids is 1. The second kappa shape index (κ2) is 8.79. The first-order valence-electron chi connectivity index (χ1n) is 9.31. The van der Waals surface area contributed by atoms with E-state index in [0.717, 1.165) is 0 Å². The van der Waals surface area contributed by atoms with Gasteiger partial charge in [0.1, 0.15) is 5.82 Å². The van der Waals surface area contributed by atoms with E-state index in [4.69, 9.17) is 9.47 Å².